The molecule has 0 radical (unpaired) electrons. The van der Waals surface area contributed by atoms with Gasteiger partial charge in [0.15, 0.2) is 5.96 Å². The quantitative estimate of drug-likeness (QED) is 0.593. The van der Waals surface area contributed by atoms with Crippen molar-refractivity contribution < 1.29 is 4.39 Å². The molecular formula is C15H21FN4. The van der Waals surface area contributed by atoms with Crippen molar-refractivity contribution in [2.45, 2.75) is 26.3 Å². The third kappa shape index (κ3) is 3.50. The largest absolute Gasteiger partial charge is 0.361 e. The van der Waals surface area contributed by atoms with Gasteiger partial charge in [-0.05, 0) is 44.0 Å². The number of H-pyrrole nitrogens is 1. The number of benzene rings is 1. The number of aliphatic imine (C=N–C) groups is 1. The van der Waals surface area contributed by atoms with E-state index in [4.69, 9.17) is 0 Å². The predicted octanol–water partition coefficient (Wildman–Crippen LogP) is 2.42. The minimum Gasteiger partial charge on any atom is -0.361 e. The highest BCUT2D eigenvalue weighted by Crippen LogP contribution is 2.19. The van der Waals surface area contributed by atoms with Crippen LogP contribution in [0.2, 0.25) is 0 Å². The number of nitrogens with one attached hydrogen (secondary N) is 3. The first kappa shape index (κ1) is 14.4. The van der Waals surface area contributed by atoms with Crippen molar-refractivity contribution >= 4 is 16.9 Å². The van der Waals surface area contributed by atoms with Crippen molar-refractivity contribution in [2.75, 3.05) is 13.6 Å². The molecule has 3 N–H and O–H groups in total. The van der Waals surface area contributed by atoms with Crippen LogP contribution in [0.1, 0.15) is 19.4 Å². The van der Waals surface area contributed by atoms with Gasteiger partial charge >= 0.3 is 0 Å². The van der Waals surface area contributed by atoms with Crippen LogP contribution in [0.3, 0.4) is 0 Å². The molecule has 4 nitrogen and oxygen atoms in total. The molecule has 0 saturated carbocycles. The molecule has 0 atom stereocenters. The van der Waals surface area contributed by atoms with Gasteiger partial charge in [-0.2, -0.15) is 0 Å². The normalized spacial score (nSPS) is 12.2. The Hall–Kier alpha value is -2.04. The molecule has 0 amide bonds. The summed E-state index contributed by atoms with van der Waals surface area (Å²) in [4.78, 5) is 7.31. The third-order valence-electron chi connectivity index (χ3n) is 3.07. The Balaban J connectivity index is 1.97. The van der Waals surface area contributed by atoms with Crippen molar-refractivity contribution in [3.8, 4) is 0 Å². The maximum Gasteiger partial charge on any atom is 0.191 e. The van der Waals surface area contributed by atoms with Crippen molar-refractivity contribution in [3.63, 3.8) is 0 Å². The Morgan fingerprint density at radius 1 is 1.40 bits per heavy atom. The Kier molecular flexibility index (Phi) is 4.61. The van der Waals surface area contributed by atoms with E-state index in [0.717, 1.165) is 35.4 Å². The number of rotatable bonds is 4. The number of fused-ring (bicyclic) bond motifs is 1. The highest BCUT2D eigenvalue weighted by Gasteiger charge is 2.05. The van der Waals surface area contributed by atoms with E-state index in [9.17, 15) is 4.39 Å². The molecular weight excluding hydrogens is 255 g/mol. The van der Waals surface area contributed by atoms with Gasteiger partial charge in [0, 0.05) is 36.7 Å². The van der Waals surface area contributed by atoms with E-state index in [1.165, 1.54) is 6.07 Å². The van der Waals surface area contributed by atoms with Gasteiger partial charge in [0.05, 0.1) is 0 Å². The first-order valence-electron chi connectivity index (χ1n) is 6.83. The van der Waals surface area contributed by atoms with Crippen LogP contribution in [0, 0.1) is 5.82 Å². The van der Waals surface area contributed by atoms with Crippen LogP contribution in [-0.4, -0.2) is 30.6 Å². The summed E-state index contributed by atoms with van der Waals surface area (Å²) in [7, 11) is 1.75. The Morgan fingerprint density at radius 3 is 2.90 bits per heavy atom. The number of halogens is 1. The second-order valence-electron chi connectivity index (χ2n) is 5.05. The zero-order valence-corrected chi connectivity index (χ0v) is 12.1. The number of hydrogen-bond acceptors (Lipinski definition) is 1. The van der Waals surface area contributed by atoms with Crippen LogP contribution >= 0.6 is 0 Å². The van der Waals surface area contributed by atoms with E-state index >= 15 is 0 Å². The van der Waals surface area contributed by atoms with Crippen LogP contribution in [0.5, 0.6) is 0 Å². The Bertz CT molecular complexity index is 601. The molecule has 0 saturated heterocycles. The summed E-state index contributed by atoms with van der Waals surface area (Å²) in [6, 6.07) is 5.14. The van der Waals surface area contributed by atoms with E-state index in [2.05, 4.69) is 34.5 Å². The molecule has 0 bridgehead atoms. The van der Waals surface area contributed by atoms with Crippen molar-refractivity contribution in [1.82, 2.24) is 15.6 Å². The second-order valence-corrected chi connectivity index (χ2v) is 5.05. The van der Waals surface area contributed by atoms with Crippen LogP contribution in [0.4, 0.5) is 4.39 Å². The van der Waals surface area contributed by atoms with Crippen LogP contribution in [0.25, 0.3) is 10.9 Å². The second kappa shape index (κ2) is 6.41. The Labute approximate surface area is 118 Å². The molecule has 5 heteroatoms. The molecule has 0 fully saturated rings. The fourth-order valence-corrected chi connectivity index (χ4v) is 2.14. The Morgan fingerprint density at radius 2 is 2.20 bits per heavy atom. The van der Waals surface area contributed by atoms with Crippen LogP contribution < -0.4 is 10.6 Å². The van der Waals surface area contributed by atoms with Crippen molar-refractivity contribution in [3.05, 3.63) is 35.8 Å². The molecule has 2 rings (SSSR count). The number of guanidine groups is 1. The van der Waals surface area contributed by atoms with E-state index in [1.54, 1.807) is 19.2 Å². The van der Waals surface area contributed by atoms with E-state index in [1.807, 2.05) is 6.20 Å². The topological polar surface area (TPSA) is 52.2 Å². The summed E-state index contributed by atoms with van der Waals surface area (Å²) in [6.07, 6.45) is 2.74. The number of hydrogen-bond donors (Lipinski definition) is 3. The maximum atomic E-state index is 13.3. The molecule has 0 unspecified atom stereocenters. The molecule has 1 aromatic heterocycles. The van der Waals surface area contributed by atoms with Gasteiger partial charge in [0.1, 0.15) is 5.82 Å². The maximum absolute atomic E-state index is 13.3. The molecule has 1 heterocycles. The van der Waals surface area contributed by atoms with E-state index < -0.39 is 0 Å². The monoisotopic (exact) mass is 276 g/mol. The summed E-state index contributed by atoms with van der Waals surface area (Å²) in [5.41, 5.74) is 2.07. The standard InChI is InChI=1S/C15H21FN4/c1-10(2)20-15(17-3)18-7-6-11-9-19-14-5-4-12(16)8-13(11)14/h4-5,8-10,19H,6-7H2,1-3H3,(H2,17,18,20). The summed E-state index contributed by atoms with van der Waals surface area (Å²) in [5.74, 6) is 0.578. The molecule has 0 spiro atoms. The lowest BCUT2D eigenvalue weighted by Crippen LogP contribution is -2.41. The molecule has 0 aliphatic carbocycles. The highest BCUT2D eigenvalue weighted by atomic mass is 19.1. The first-order chi connectivity index (χ1) is 9.60. The van der Waals surface area contributed by atoms with Crippen molar-refractivity contribution in [1.29, 1.82) is 0 Å². The zero-order chi connectivity index (χ0) is 14.5. The zero-order valence-electron chi connectivity index (χ0n) is 12.1. The minimum atomic E-state index is -0.205. The van der Waals surface area contributed by atoms with Gasteiger partial charge < -0.3 is 15.6 Å². The van der Waals surface area contributed by atoms with Gasteiger partial charge in [0.2, 0.25) is 0 Å². The molecule has 1 aromatic carbocycles. The molecule has 108 valence electrons. The van der Waals surface area contributed by atoms with Gasteiger partial charge in [-0.1, -0.05) is 0 Å². The summed E-state index contributed by atoms with van der Waals surface area (Å²) in [5, 5.41) is 7.42. The van der Waals surface area contributed by atoms with Gasteiger partial charge in [-0.15, -0.1) is 0 Å². The lowest BCUT2D eigenvalue weighted by atomic mass is 10.1. The fraction of sp³-hybridized carbons (Fsp3) is 0.400. The summed E-state index contributed by atoms with van der Waals surface area (Å²) in [6.45, 7) is 4.88. The first-order valence-corrected chi connectivity index (χ1v) is 6.83. The lowest BCUT2D eigenvalue weighted by molar-refractivity contribution is 0.629. The van der Waals surface area contributed by atoms with Crippen LogP contribution in [0.15, 0.2) is 29.4 Å². The molecule has 20 heavy (non-hydrogen) atoms. The SMILES string of the molecule is CN=C(NCCc1c[nH]c2ccc(F)cc12)NC(C)C. The van der Waals surface area contributed by atoms with Crippen molar-refractivity contribution in [2.24, 2.45) is 4.99 Å². The predicted molar refractivity (Wildman–Crippen MR) is 81.6 cm³/mol. The smallest absolute Gasteiger partial charge is 0.191 e. The average Bonchev–Trinajstić information content (AvgIpc) is 2.79. The van der Waals surface area contributed by atoms with Gasteiger partial charge in [-0.25, -0.2) is 4.39 Å². The average molecular weight is 276 g/mol. The summed E-state index contributed by atoms with van der Waals surface area (Å²) < 4.78 is 13.3. The number of nitrogens with zero attached hydrogens (tertiary/aromatic N) is 1. The van der Waals surface area contributed by atoms with E-state index in [-0.39, 0.29) is 5.82 Å². The number of aromatic amines is 1. The minimum absolute atomic E-state index is 0.205. The molecule has 0 aliphatic rings. The molecule has 0 aliphatic heterocycles. The fourth-order valence-electron chi connectivity index (χ4n) is 2.14. The van der Waals surface area contributed by atoms with E-state index in [0.29, 0.717) is 6.04 Å². The van der Waals surface area contributed by atoms with Gasteiger partial charge in [0.25, 0.3) is 0 Å². The number of aromatic nitrogens is 1. The van der Waals surface area contributed by atoms with Crippen LogP contribution in [-0.2, 0) is 6.42 Å². The van der Waals surface area contributed by atoms with Gasteiger partial charge in [-0.3, -0.25) is 4.99 Å². The third-order valence-corrected chi connectivity index (χ3v) is 3.07. The molecule has 2 aromatic rings. The summed E-state index contributed by atoms with van der Waals surface area (Å²) >= 11 is 0. The highest BCUT2D eigenvalue weighted by molar-refractivity contribution is 5.83. The lowest BCUT2D eigenvalue weighted by Gasteiger charge is -2.14.